The van der Waals surface area contributed by atoms with Crippen molar-refractivity contribution < 1.29 is 26.3 Å². The lowest BCUT2D eigenvalue weighted by Gasteiger charge is -2.26. The number of rotatable bonds is 3. The molecule has 0 aliphatic heterocycles. The predicted molar refractivity (Wildman–Crippen MR) is 72.3 cm³/mol. The van der Waals surface area contributed by atoms with Gasteiger partial charge in [0.25, 0.3) is 5.95 Å². The van der Waals surface area contributed by atoms with Crippen LogP contribution in [0.1, 0.15) is 32.3 Å². The second kappa shape index (κ2) is 5.48. The van der Waals surface area contributed by atoms with Gasteiger partial charge in [-0.25, -0.2) is 22.5 Å². The lowest BCUT2D eigenvalue weighted by atomic mass is 9.62. The van der Waals surface area contributed by atoms with E-state index in [1.807, 2.05) is 0 Å². The summed E-state index contributed by atoms with van der Waals surface area (Å²) in [4.78, 5) is 2.79. The Morgan fingerprint density at radius 2 is 1.50 bits per heavy atom. The third-order valence-corrected chi connectivity index (χ3v) is 3.65. The molecule has 1 unspecified atom stereocenters. The van der Waals surface area contributed by atoms with Gasteiger partial charge in [0.1, 0.15) is 19.2 Å². The molecule has 0 bridgehead atoms. The summed E-state index contributed by atoms with van der Waals surface area (Å²) in [6.45, 7) is 3.21. The van der Waals surface area contributed by atoms with Crippen LogP contribution in [0.3, 0.4) is 0 Å². The van der Waals surface area contributed by atoms with Gasteiger partial charge in [-0.2, -0.15) is 8.78 Å². The van der Waals surface area contributed by atoms with E-state index in [0.29, 0.717) is 6.42 Å². The fourth-order valence-electron chi connectivity index (χ4n) is 2.65. The number of halogens is 6. The summed E-state index contributed by atoms with van der Waals surface area (Å²) in [5.74, 6) is -10.6. The standard InChI is InChI=1S/C14H12BF6N/c1-3-4-14(2,15)6-7(16)5-8(17)11(20)13(21)22-12(5)10(19)9(6)18/h3-4,15H2,1-2H3. The number of aromatic nitrogens is 1. The molecule has 0 radical (unpaired) electrons. The Labute approximate surface area is 123 Å². The van der Waals surface area contributed by atoms with Crippen molar-refractivity contribution in [2.45, 2.75) is 32.0 Å². The van der Waals surface area contributed by atoms with Crippen molar-refractivity contribution in [3.05, 3.63) is 40.6 Å². The van der Waals surface area contributed by atoms with Crippen LogP contribution in [0.15, 0.2) is 0 Å². The van der Waals surface area contributed by atoms with Crippen LogP contribution in [-0.2, 0) is 5.31 Å². The van der Waals surface area contributed by atoms with Gasteiger partial charge >= 0.3 is 0 Å². The Kier molecular flexibility index (Phi) is 4.15. The summed E-state index contributed by atoms with van der Waals surface area (Å²) >= 11 is 0. The van der Waals surface area contributed by atoms with Gasteiger partial charge in [0, 0.05) is 5.56 Å². The van der Waals surface area contributed by atoms with Crippen LogP contribution in [-0.4, -0.2) is 12.8 Å². The highest BCUT2D eigenvalue weighted by atomic mass is 19.2. The highest BCUT2D eigenvalue weighted by Gasteiger charge is 2.34. The molecule has 0 aliphatic carbocycles. The number of hydrogen-bond acceptors (Lipinski definition) is 1. The molecule has 1 nitrogen and oxygen atoms in total. The number of hydrogen-bond donors (Lipinski definition) is 0. The van der Waals surface area contributed by atoms with Gasteiger partial charge in [0.15, 0.2) is 17.5 Å². The first-order valence-electron chi connectivity index (χ1n) is 6.64. The van der Waals surface area contributed by atoms with Crippen molar-refractivity contribution in [1.82, 2.24) is 4.98 Å². The number of fused-ring (bicyclic) bond motifs is 1. The van der Waals surface area contributed by atoms with E-state index >= 15 is 0 Å². The van der Waals surface area contributed by atoms with E-state index in [-0.39, 0.29) is 6.42 Å². The van der Waals surface area contributed by atoms with Gasteiger partial charge in [-0.3, -0.25) is 0 Å². The van der Waals surface area contributed by atoms with Crippen molar-refractivity contribution in [3.63, 3.8) is 0 Å². The fraction of sp³-hybridized carbons (Fsp3) is 0.357. The summed E-state index contributed by atoms with van der Waals surface area (Å²) in [5, 5.41) is -2.34. The van der Waals surface area contributed by atoms with Crippen molar-refractivity contribution in [2.24, 2.45) is 0 Å². The third-order valence-electron chi connectivity index (χ3n) is 3.65. The van der Waals surface area contributed by atoms with Crippen LogP contribution in [0, 0.1) is 35.0 Å². The van der Waals surface area contributed by atoms with Crippen LogP contribution in [0.2, 0.25) is 0 Å². The first-order chi connectivity index (χ1) is 10.1. The smallest absolute Gasteiger partial charge is 0.214 e. The van der Waals surface area contributed by atoms with Gasteiger partial charge < -0.3 is 0 Å². The van der Waals surface area contributed by atoms with Gasteiger partial charge in [-0.15, -0.1) is 0 Å². The topological polar surface area (TPSA) is 12.9 Å². The molecule has 0 amide bonds. The third kappa shape index (κ3) is 2.34. The Morgan fingerprint density at radius 3 is 2.05 bits per heavy atom. The molecule has 0 saturated carbocycles. The highest BCUT2D eigenvalue weighted by molar-refractivity contribution is 6.16. The molecule has 1 aromatic heterocycles. The van der Waals surface area contributed by atoms with Crippen molar-refractivity contribution in [2.75, 3.05) is 0 Å². The van der Waals surface area contributed by atoms with Crippen molar-refractivity contribution in [1.29, 1.82) is 0 Å². The van der Waals surface area contributed by atoms with Gasteiger partial charge in [0.05, 0.1) is 5.39 Å². The summed E-state index contributed by atoms with van der Waals surface area (Å²) in [6.07, 6.45) is 0.814. The quantitative estimate of drug-likeness (QED) is 0.364. The van der Waals surface area contributed by atoms with Crippen LogP contribution in [0.5, 0.6) is 0 Å². The Hall–Kier alpha value is -1.73. The maximum Gasteiger partial charge on any atom is 0.252 e. The monoisotopic (exact) mass is 319 g/mol. The Balaban J connectivity index is 2.98. The average molecular weight is 319 g/mol. The van der Waals surface area contributed by atoms with E-state index in [2.05, 4.69) is 4.98 Å². The zero-order valence-corrected chi connectivity index (χ0v) is 12.1. The van der Waals surface area contributed by atoms with E-state index in [0.717, 1.165) is 0 Å². The van der Waals surface area contributed by atoms with Gasteiger partial charge in [-0.05, 0) is 5.31 Å². The van der Waals surface area contributed by atoms with Crippen LogP contribution >= 0.6 is 0 Å². The van der Waals surface area contributed by atoms with Crippen molar-refractivity contribution in [3.8, 4) is 0 Å². The number of pyridine rings is 1. The number of nitrogens with zero attached hydrogens (tertiary/aromatic N) is 1. The summed E-state index contributed by atoms with van der Waals surface area (Å²) in [5.41, 5.74) is -1.91. The first kappa shape index (κ1) is 16.6. The molecule has 118 valence electrons. The lowest BCUT2D eigenvalue weighted by Crippen LogP contribution is -2.26. The summed E-state index contributed by atoms with van der Waals surface area (Å²) < 4.78 is 82.9. The molecular weight excluding hydrogens is 307 g/mol. The molecule has 0 fully saturated rings. The zero-order valence-electron chi connectivity index (χ0n) is 12.1. The lowest BCUT2D eigenvalue weighted by molar-refractivity contribution is 0.421. The molecule has 2 rings (SSSR count). The van der Waals surface area contributed by atoms with Crippen LogP contribution < -0.4 is 0 Å². The molecule has 1 heterocycles. The van der Waals surface area contributed by atoms with Crippen LogP contribution in [0.4, 0.5) is 26.3 Å². The molecular formula is C14H12BF6N. The molecule has 0 aliphatic rings. The molecule has 22 heavy (non-hydrogen) atoms. The Morgan fingerprint density at radius 1 is 0.909 bits per heavy atom. The maximum atomic E-state index is 14.5. The van der Waals surface area contributed by atoms with Gasteiger partial charge in [-0.1, -0.05) is 26.7 Å². The second-order valence-electron chi connectivity index (χ2n) is 5.71. The summed E-state index contributed by atoms with van der Waals surface area (Å²) in [7, 11) is 1.45. The van der Waals surface area contributed by atoms with E-state index in [1.54, 1.807) is 6.92 Å². The molecule has 8 heteroatoms. The Bertz CT molecular complexity index is 759. The van der Waals surface area contributed by atoms with E-state index in [4.69, 9.17) is 0 Å². The molecule has 0 N–H and O–H groups in total. The SMILES string of the molecule is BC(C)(CCC)c1c(F)c(F)c2nc(F)c(F)c(F)c2c1F. The highest BCUT2D eigenvalue weighted by Crippen LogP contribution is 2.37. The van der Waals surface area contributed by atoms with Gasteiger partial charge in [0.2, 0.25) is 5.82 Å². The molecule has 1 atom stereocenters. The molecule has 0 spiro atoms. The van der Waals surface area contributed by atoms with Crippen molar-refractivity contribution >= 4 is 18.7 Å². The van der Waals surface area contributed by atoms with E-state index < -0.39 is 56.8 Å². The van der Waals surface area contributed by atoms with Crippen LogP contribution in [0.25, 0.3) is 10.9 Å². The predicted octanol–water partition coefficient (Wildman–Crippen LogP) is 3.72. The molecule has 0 saturated heterocycles. The fourth-order valence-corrected chi connectivity index (χ4v) is 2.65. The maximum absolute atomic E-state index is 14.5. The minimum absolute atomic E-state index is 0.282. The molecule has 1 aromatic carbocycles. The number of benzene rings is 1. The largest absolute Gasteiger partial charge is 0.252 e. The van der Waals surface area contributed by atoms with E-state index in [9.17, 15) is 26.3 Å². The average Bonchev–Trinajstić information content (AvgIpc) is 2.41. The minimum Gasteiger partial charge on any atom is -0.214 e. The second-order valence-corrected chi connectivity index (χ2v) is 5.71. The first-order valence-corrected chi connectivity index (χ1v) is 6.64. The normalized spacial score (nSPS) is 14.4. The summed E-state index contributed by atoms with van der Waals surface area (Å²) in [6, 6.07) is 0. The minimum atomic E-state index is -2.03. The van der Waals surface area contributed by atoms with E-state index in [1.165, 1.54) is 14.8 Å². The zero-order chi connectivity index (χ0) is 16.8. The molecule has 2 aromatic rings.